The number of anilines is 2. The van der Waals surface area contributed by atoms with Gasteiger partial charge in [0.25, 0.3) is 11.8 Å². The third kappa shape index (κ3) is 5.35. The predicted octanol–water partition coefficient (Wildman–Crippen LogP) is 3.57. The van der Waals surface area contributed by atoms with Crippen molar-refractivity contribution >= 4 is 33.2 Å². The number of likely N-dealkylation sites (tertiary alicyclic amines) is 1. The smallest absolute Gasteiger partial charge is 0.265 e. The minimum Gasteiger partial charge on any atom is -0.478 e. The zero-order valence-corrected chi connectivity index (χ0v) is 20.4. The fourth-order valence-corrected chi connectivity index (χ4v) is 5.39. The summed E-state index contributed by atoms with van der Waals surface area (Å²) < 4.78 is 32.1. The van der Waals surface area contributed by atoms with E-state index in [1.807, 2.05) is 17.9 Å². The van der Waals surface area contributed by atoms with Gasteiger partial charge in [0.05, 0.1) is 23.2 Å². The molecule has 182 valence electrons. The quantitative estimate of drug-likeness (QED) is 0.714. The molecular weight excluding hydrogens is 454 g/mol. The molecule has 2 aliphatic heterocycles. The molecule has 2 aromatic rings. The average molecular weight is 486 g/mol. The zero-order valence-electron chi connectivity index (χ0n) is 19.6. The molecule has 1 N–H and O–H groups in total. The molecule has 2 aromatic carbocycles. The first-order valence-corrected chi connectivity index (χ1v) is 13.5. The highest BCUT2D eigenvalue weighted by molar-refractivity contribution is 7.92. The number of hydrogen-bond acceptors (Lipinski definition) is 5. The number of ether oxygens (including phenoxy) is 1. The van der Waals surface area contributed by atoms with Gasteiger partial charge in [0, 0.05) is 26.1 Å². The van der Waals surface area contributed by atoms with Crippen molar-refractivity contribution in [2.75, 3.05) is 35.5 Å². The highest BCUT2D eigenvalue weighted by Crippen LogP contribution is 2.35. The Morgan fingerprint density at radius 3 is 2.41 bits per heavy atom. The first-order valence-electron chi connectivity index (χ1n) is 11.7. The van der Waals surface area contributed by atoms with Crippen molar-refractivity contribution in [3.63, 3.8) is 0 Å². The van der Waals surface area contributed by atoms with E-state index in [0.29, 0.717) is 35.8 Å². The molecule has 0 bridgehead atoms. The number of benzene rings is 2. The molecule has 8 nitrogen and oxygen atoms in total. The molecule has 4 rings (SSSR count). The van der Waals surface area contributed by atoms with Gasteiger partial charge in [-0.1, -0.05) is 31.0 Å². The Labute approximate surface area is 200 Å². The first-order chi connectivity index (χ1) is 16.2. The van der Waals surface area contributed by atoms with Gasteiger partial charge in [-0.2, -0.15) is 0 Å². The Kier molecular flexibility index (Phi) is 7.11. The van der Waals surface area contributed by atoms with Gasteiger partial charge in [-0.15, -0.1) is 0 Å². The van der Waals surface area contributed by atoms with Crippen LogP contribution in [0.25, 0.3) is 0 Å². The van der Waals surface area contributed by atoms with Crippen molar-refractivity contribution < 1.29 is 22.7 Å². The van der Waals surface area contributed by atoms with Gasteiger partial charge in [-0.05, 0) is 49.6 Å². The third-order valence-corrected chi connectivity index (χ3v) is 7.43. The number of aryl methyl sites for hydroxylation is 1. The van der Waals surface area contributed by atoms with Crippen LogP contribution in [0.15, 0.2) is 42.5 Å². The fourth-order valence-electron chi connectivity index (χ4n) is 4.45. The van der Waals surface area contributed by atoms with E-state index in [1.54, 1.807) is 36.4 Å². The van der Waals surface area contributed by atoms with Gasteiger partial charge in [-0.3, -0.25) is 13.9 Å². The molecule has 1 atom stereocenters. The molecule has 2 heterocycles. The van der Waals surface area contributed by atoms with E-state index >= 15 is 0 Å². The first kappa shape index (κ1) is 24.1. The molecule has 9 heteroatoms. The molecular formula is C25H31N3O5S. The number of carbonyl (C=O) groups is 2. The maximum absolute atomic E-state index is 13.2. The normalized spacial score (nSPS) is 18.8. The lowest BCUT2D eigenvalue weighted by molar-refractivity contribution is -0.122. The number of amides is 2. The summed E-state index contributed by atoms with van der Waals surface area (Å²) in [6, 6.07) is 12.2. The lowest BCUT2D eigenvalue weighted by Gasteiger charge is -2.22. The van der Waals surface area contributed by atoms with Crippen LogP contribution < -0.4 is 14.4 Å². The van der Waals surface area contributed by atoms with Crippen LogP contribution in [0.2, 0.25) is 0 Å². The van der Waals surface area contributed by atoms with Gasteiger partial charge >= 0.3 is 0 Å². The number of sulfonamides is 1. The summed E-state index contributed by atoms with van der Waals surface area (Å²) in [5.74, 6) is -0.177. The topological polar surface area (TPSA) is 96.0 Å². The van der Waals surface area contributed by atoms with Crippen LogP contribution in [0, 0.1) is 6.92 Å². The standard InChI is InChI=1S/C25H31N3O5S/c1-18-11-12-22-21(17-18)28(34(2,31)32)16-13-23(33-22)24(29)26-20-10-6-5-9-19(20)25(30)27-14-7-3-4-8-15-27/h5-6,9-12,17,23H,3-4,7-8,13-16H2,1-2H3,(H,26,29). The lowest BCUT2D eigenvalue weighted by atomic mass is 10.1. The Hall–Kier alpha value is -3.07. The van der Waals surface area contributed by atoms with Gasteiger partial charge in [0.15, 0.2) is 6.10 Å². The van der Waals surface area contributed by atoms with E-state index in [4.69, 9.17) is 4.74 Å². The fraction of sp³-hybridized carbons (Fsp3) is 0.440. The van der Waals surface area contributed by atoms with E-state index in [9.17, 15) is 18.0 Å². The predicted molar refractivity (Wildman–Crippen MR) is 132 cm³/mol. The maximum Gasteiger partial charge on any atom is 0.265 e. The number of nitrogens with one attached hydrogen (secondary N) is 1. The second kappa shape index (κ2) is 10.0. The Morgan fingerprint density at radius 1 is 1.00 bits per heavy atom. The van der Waals surface area contributed by atoms with Crippen LogP contribution in [0.3, 0.4) is 0 Å². The van der Waals surface area contributed by atoms with Crippen LogP contribution in [0.5, 0.6) is 5.75 Å². The van der Waals surface area contributed by atoms with Crippen LogP contribution in [0.1, 0.15) is 48.0 Å². The molecule has 2 amide bonds. The summed E-state index contributed by atoms with van der Waals surface area (Å²) in [5.41, 5.74) is 2.19. The monoisotopic (exact) mass is 485 g/mol. The lowest BCUT2D eigenvalue weighted by Crippen LogP contribution is -2.37. The maximum atomic E-state index is 13.2. The van der Waals surface area contributed by atoms with Crippen LogP contribution in [-0.4, -0.2) is 57.1 Å². The Bertz CT molecular complexity index is 1170. The summed E-state index contributed by atoms with van der Waals surface area (Å²) in [5, 5.41) is 2.86. The highest BCUT2D eigenvalue weighted by Gasteiger charge is 2.32. The van der Waals surface area contributed by atoms with E-state index in [-0.39, 0.29) is 18.9 Å². The van der Waals surface area contributed by atoms with Crippen LogP contribution in [-0.2, 0) is 14.8 Å². The van der Waals surface area contributed by atoms with Gasteiger partial charge in [-0.25, -0.2) is 8.42 Å². The molecule has 1 unspecified atom stereocenters. The molecule has 0 aliphatic carbocycles. The Morgan fingerprint density at radius 2 is 1.71 bits per heavy atom. The van der Waals surface area contributed by atoms with Gasteiger partial charge in [0.1, 0.15) is 5.75 Å². The summed E-state index contributed by atoms with van der Waals surface area (Å²) in [6.45, 7) is 3.41. The molecule has 0 saturated carbocycles. The Balaban J connectivity index is 1.56. The zero-order chi connectivity index (χ0) is 24.3. The number of rotatable bonds is 4. The summed E-state index contributed by atoms with van der Waals surface area (Å²) in [7, 11) is -3.55. The molecule has 34 heavy (non-hydrogen) atoms. The highest BCUT2D eigenvalue weighted by atomic mass is 32.2. The van der Waals surface area contributed by atoms with Crippen molar-refractivity contribution in [2.24, 2.45) is 0 Å². The second-order valence-electron chi connectivity index (χ2n) is 8.94. The van der Waals surface area contributed by atoms with Crippen LogP contribution in [0.4, 0.5) is 11.4 Å². The molecule has 1 saturated heterocycles. The molecule has 1 fully saturated rings. The molecule has 2 aliphatic rings. The number of carbonyl (C=O) groups excluding carboxylic acids is 2. The number of para-hydroxylation sites is 1. The van der Waals surface area contributed by atoms with Crippen molar-refractivity contribution in [1.82, 2.24) is 4.90 Å². The largest absolute Gasteiger partial charge is 0.478 e. The number of hydrogen-bond donors (Lipinski definition) is 1. The van der Waals surface area contributed by atoms with Gasteiger partial charge in [0.2, 0.25) is 10.0 Å². The van der Waals surface area contributed by atoms with E-state index in [1.165, 1.54) is 4.31 Å². The summed E-state index contributed by atoms with van der Waals surface area (Å²) in [4.78, 5) is 28.3. The second-order valence-corrected chi connectivity index (χ2v) is 10.8. The minimum atomic E-state index is -3.55. The SMILES string of the molecule is Cc1ccc2c(c1)N(S(C)(=O)=O)CCC(C(=O)Nc1ccccc1C(=O)N1CCCCCC1)O2. The number of nitrogens with zero attached hydrogens (tertiary/aromatic N) is 2. The van der Waals surface area contributed by atoms with Gasteiger partial charge < -0.3 is 15.0 Å². The minimum absolute atomic E-state index is 0.0938. The van der Waals surface area contributed by atoms with E-state index < -0.39 is 22.0 Å². The molecule has 0 radical (unpaired) electrons. The number of fused-ring (bicyclic) bond motifs is 1. The summed E-state index contributed by atoms with van der Waals surface area (Å²) in [6.07, 6.45) is 4.60. The van der Waals surface area contributed by atoms with E-state index in [0.717, 1.165) is 37.5 Å². The van der Waals surface area contributed by atoms with Crippen molar-refractivity contribution in [3.05, 3.63) is 53.6 Å². The molecule has 0 aromatic heterocycles. The third-order valence-electron chi connectivity index (χ3n) is 6.25. The average Bonchev–Trinajstić information content (AvgIpc) is 3.18. The van der Waals surface area contributed by atoms with Crippen molar-refractivity contribution in [3.8, 4) is 5.75 Å². The van der Waals surface area contributed by atoms with Crippen LogP contribution >= 0.6 is 0 Å². The van der Waals surface area contributed by atoms with E-state index in [2.05, 4.69) is 5.32 Å². The van der Waals surface area contributed by atoms with Crippen molar-refractivity contribution in [1.29, 1.82) is 0 Å². The molecule has 0 spiro atoms. The summed E-state index contributed by atoms with van der Waals surface area (Å²) >= 11 is 0. The van der Waals surface area contributed by atoms with Crippen molar-refractivity contribution in [2.45, 2.75) is 45.1 Å².